The van der Waals surface area contributed by atoms with Gasteiger partial charge in [-0.05, 0) is 25.2 Å². The molecule has 104 valence electrons. The van der Waals surface area contributed by atoms with Crippen molar-refractivity contribution in [1.29, 1.82) is 0 Å². The highest BCUT2D eigenvalue weighted by Gasteiger charge is 2.27. The lowest BCUT2D eigenvalue weighted by Gasteiger charge is -2.31. The van der Waals surface area contributed by atoms with E-state index < -0.39 is 10.0 Å². The van der Waals surface area contributed by atoms with Crippen molar-refractivity contribution in [3.63, 3.8) is 0 Å². The molecule has 0 N–H and O–H groups in total. The van der Waals surface area contributed by atoms with Gasteiger partial charge in [-0.1, -0.05) is 27.7 Å². The molecule has 0 radical (unpaired) electrons. The van der Waals surface area contributed by atoms with E-state index in [2.05, 4.69) is 0 Å². The third-order valence-corrected chi connectivity index (χ3v) is 5.02. The zero-order valence-electron chi connectivity index (χ0n) is 11.4. The molecule has 0 aliphatic heterocycles. The van der Waals surface area contributed by atoms with Gasteiger partial charge >= 0.3 is 0 Å². The van der Waals surface area contributed by atoms with Crippen LogP contribution in [0.25, 0.3) is 0 Å². The van der Waals surface area contributed by atoms with Gasteiger partial charge in [-0.25, -0.2) is 8.42 Å². The Balaban J connectivity index is 4.88. The lowest BCUT2D eigenvalue weighted by Crippen LogP contribution is -2.43. The van der Waals surface area contributed by atoms with Gasteiger partial charge in [0.15, 0.2) is 0 Å². The second-order valence-electron chi connectivity index (χ2n) is 4.79. The molecule has 0 fully saturated rings. The van der Waals surface area contributed by atoms with Crippen LogP contribution in [0.3, 0.4) is 0 Å². The van der Waals surface area contributed by atoms with Crippen LogP contribution in [0.2, 0.25) is 0 Å². The Labute approximate surface area is 112 Å². The van der Waals surface area contributed by atoms with Gasteiger partial charge in [0.05, 0.1) is 5.75 Å². The van der Waals surface area contributed by atoms with E-state index in [0.717, 1.165) is 12.8 Å². The number of rotatable bonds is 9. The average Bonchev–Trinajstić information content (AvgIpc) is 2.26. The van der Waals surface area contributed by atoms with Gasteiger partial charge in [0.2, 0.25) is 10.0 Å². The zero-order chi connectivity index (χ0) is 13.5. The number of nitrogens with zero attached hydrogens (tertiary/aromatic N) is 1. The molecule has 0 amide bonds. The van der Waals surface area contributed by atoms with Crippen LogP contribution in [0, 0.1) is 5.92 Å². The number of hydrogen-bond acceptors (Lipinski definition) is 2. The average molecular weight is 284 g/mol. The lowest BCUT2D eigenvalue weighted by molar-refractivity contribution is 0.277. The maximum Gasteiger partial charge on any atom is 0.214 e. The summed E-state index contributed by atoms with van der Waals surface area (Å²) in [5, 5.41) is 0. The maximum absolute atomic E-state index is 12.3. The van der Waals surface area contributed by atoms with Crippen molar-refractivity contribution in [3.8, 4) is 0 Å². The second kappa shape index (κ2) is 8.33. The summed E-state index contributed by atoms with van der Waals surface area (Å²) in [5.41, 5.74) is 0. The fourth-order valence-corrected chi connectivity index (χ4v) is 4.21. The van der Waals surface area contributed by atoms with Crippen LogP contribution in [0.5, 0.6) is 0 Å². The molecule has 0 spiro atoms. The minimum atomic E-state index is -3.15. The summed E-state index contributed by atoms with van der Waals surface area (Å²) in [4.78, 5) is 0. The van der Waals surface area contributed by atoms with Gasteiger partial charge in [-0.15, -0.1) is 11.6 Å². The van der Waals surface area contributed by atoms with Crippen LogP contribution in [0.15, 0.2) is 0 Å². The van der Waals surface area contributed by atoms with Crippen molar-refractivity contribution >= 4 is 21.6 Å². The smallest absolute Gasteiger partial charge is 0.212 e. The van der Waals surface area contributed by atoms with Crippen LogP contribution in [0.1, 0.15) is 47.0 Å². The number of sulfonamides is 1. The van der Waals surface area contributed by atoms with Crippen LogP contribution in [-0.2, 0) is 10.0 Å². The molecule has 0 aromatic heterocycles. The van der Waals surface area contributed by atoms with Crippen molar-refractivity contribution in [2.24, 2.45) is 5.92 Å². The van der Waals surface area contributed by atoms with Crippen molar-refractivity contribution in [3.05, 3.63) is 0 Å². The molecule has 0 saturated heterocycles. The fraction of sp³-hybridized carbons (Fsp3) is 1.00. The van der Waals surface area contributed by atoms with Crippen LogP contribution >= 0.6 is 11.6 Å². The molecule has 0 atom stereocenters. The van der Waals surface area contributed by atoms with Crippen LogP contribution in [0.4, 0.5) is 0 Å². The molecule has 0 aromatic carbocycles. The standard InChI is InChI=1S/C12H26ClNO2S/c1-5-12(6-2)14(10-11(3)4)17(15,16)9-7-8-13/h11-12H,5-10H2,1-4H3. The highest BCUT2D eigenvalue weighted by molar-refractivity contribution is 7.89. The molecular weight excluding hydrogens is 258 g/mol. The first-order valence-corrected chi connectivity index (χ1v) is 8.58. The number of halogens is 1. The van der Waals surface area contributed by atoms with E-state index in [1.54, 1.807) is 4.31 Å². The first-order valence-electron chi connectivity index (χ1n) is 6.44. The molecule has 0 aliphatic rings. The summed E-state index contributed by atoms with van der Waals surface area (Å²) in [6, 6.07) is 0.123. The van der Waals surface area contributed by atoms with Crippen LogP contribution < -0.4 is 0 Å². The third kappa shape index (κ3) is 6.07. The monoisotopic (exact) mass is 283 g/mol. The largest absolute Gasteiger partial charge is 0.214 e. The van der Waals surface area contributed by atoms with Gasteiger partial charge in [-0.2, -0.15) is 4.31 Å². The predicted octanol–water partition coefficient (Wildman–Crippen LogP) is 3.09. The zero-order valence-corrected chi connectivity index (χ0v) is 13.0. The van der Waals surface area contributed by atoms with Crippen molar-refractivity contribution in [2.75, 3.05) is 18.2 Å². The Kier molecular flexibility index (Phi) is 8.43. The molecule has 0 unspecified atom stereocenters. The highest BCUT2D eigenvalue weighted by Crippen LogP contribution is 2.17. The van der Waals surface area contributed by atoms with E-state index in [-0.39, 0.29) is 11.8 Å². The first kappa shape index (κ1) is 17.2. The molecule has 0 rings (SSSR count). The molecule has 5 heteroatoms. The Morgan fingerprint density at radius 1 is 1.18 bits per heavy atom. The Hall–Kier alpha value is 0.200. The summed E-state index contributed by atoms with van der Waals surface area (Å²) < 4.78 is 26.2. The summed E-state index contributed by atoms with van der Waals surface area (Å²) in [6.45, 7) is 8.78. The van der Waals surface area contributed by atoms with E-state index in [4.69, 9.17) is 11.6 Å². The minimum Gasteiger partial charge on any atom is -0.212 e. The van der Waals surface area contributed by atoms with Crippen molar-refractivity contribution in [2.45, 2.75) is 53.0 Å². The normalized spacial score (nSPS) is 12.9. The van der Waals surface area contributed by atoms with E-state index in [0.29, 0.717) is 24.8 Å². The van der Waals surface area contributed by atoms with Gasteiger partial charge in [-0.3, -0.25) is 0 Å². The summed E-state index contributed by atoms with van der Waals surface area (Å²) in [6.07, 6.45) is 2.26. The molecule has 0 aliphatic carbocycles. The molecule has 0 bridgehead atoms. The SMILES string of the molecule is CCC(CC)N(CC(C)C)S(=O)(=O)CCCCl. The van der Waals surface area contributed by atoms with Gasteiger partial charge in [0.1, 0.15) is 0 Å². The fourth-order valence-electron chi connectivity index (χ4n) is 1.90. The molecule has 3 nitrogen and oxygen atoms in total. The van der Waals surface area contributed by atoms with Gasteiger partial charge in [0, 0.05) is 18.5 Å². The van der Waals surface area contributed by atoms with Crippen molar-refractivity contribution in [1.82, 2.24) is 4.31 Å². The first-order chi connectivity index (χ1) is 7.88. The topological polar surface area (TPSA) is 37.4 Å². The summed E-state index contributed by atoms with van der Waals surface area (Å²) in [7, 11) is -3.15. The summed E-state index contributed by atoms with van der Waals surface area (Å²) >= 11 is 5.58. The number of hydrogen-bond donors (Lipinski definition) is 0. The number of alkyl halides is 1. The quantitative estimate of drug-likeness (QED) is 0.610. The van der Waals surface area contributed by atoms with E-state index >= 15 is 0 Å². The second-order valence-corrected chi connectivity index (χ2v) is 7.21. The molecular formula is C12H26ClNO2S. The molecule has 0 heterocycles. The summed E-state index contributed by atoms with van der Waals surface area (Å²) in [5.74, 6) is 0.915. The van der Waals surface area contributed by atoms with Crippen molar-refractivity contribution < 1.29 is 8.42 Å². The van der Waals surface area contributed by atoms with Crippen LogP contribution in [-0.4, -0.2) is 36.9 Å². The maximum atomic E-state index is 12.3. The van der Waals surface area contributed by atoms with Gasteiger partial charge in [0.25, 0.3) is 0 Å². The Morgan fingerprint density at radius 3 is 2.06 bits per heavy atom. The Morgan fingerprint density at radius 2 is 1.71 bits per heavy atom. The molecule has 17 heavy (non-hydrogen) atoms. The lowest BCUT2D eigenvalue weighted by atomic mass is 10.1. The van der Waals surface area contributed by atoms with E-state index in [9.17, 15) is 8.42 Å². The van der Waals surface area contributed by atoms with E-state index in [1.807, 2.05) is 27.7 Å². The van der Waals surface area contributed by atoms with E-state index in [1.165, 1.54) is 0 Å². The predicted molar refractivity (Wildman–Crippen MR) is 75.0 cm³/mol. The third-order valence-electron chi connectivity index (χ3n) is 2.79. The minimum absolute atomic E-state index is 0.123. The molecule has 0 aromatic rings. The Bertz CT molecular complexity index is 287. The highest BCUT2D eigenvalue weighted by atomic mass is 35.5. The molecule has 0 saturated carbocycles. The van der Waals surface area contributed by atoms with Gasteiger partial charge < -0.3 is 0 Å².